The van der Waals surface area contributed by atoms with Gasteiger partial charge in [-0.1, -0.05) is 0 Å². The lowest BCUT2D eigenvalue weighted by Crippen LogP contribution is -1.94. The molecule has 0 aliphatic heterocycles. The van der Waals surface area contributed by atoms with E-state index in [1.54, 1.807) is 0 Å². The highest BCUT2D eigenvalue weighted by Crippen LogP contribution is 2.48. The van der Waals surface area contributed by atoms with Crippen molar-refractivity contribution in [2.24, 2.45) is 0 Å². The molecule has 0 aliphatic carbocycles. The van der Waals surface area contributed by atoms with Crippen LogP contribution < -0.4 is 0 Å². The van der Waals surface area contributed by atoms with Crippen molar-refractivity contribution < 1.29 is 19.6 Å². The first-order chi connectivity index (χ1) is 6.38. The summed E-state index contributed by atoms with van der Waals surface area (Å²) in [4.78, 5) is 35.9. The van der Waals surface area contributed by atoms with Gasteiger partial charge in [0, 0.05) is 12.1 Å². The molecule has 1 rings (SSSR count). The lowest BCUT2D eigenvalue weighted by Gasteiger charge is -2.02. The molecule has 14 heavy (non-hydrogen) atoms. The van der Waals surface area contributed by atoms with Gasteiger partial charge in [0.25, 0.3) is 5.69 Å². The summed E-state index contributed by atoms with van der Waals surface area (Å²) in [5, 5.41) is 10.3. The third kappa shape index (κ3) is 3.35. The summed E-state index contributed by atoms with van der Waals surface area (Å²) >= 11 is 0. The lowest BCUT2D eigenvalue weighted by molar-refractivity contribution is -0.384. The normalized spacial score (nSPS) is 11.4. The molecule has 6 nitrogen and oxygen atoms in total. The van der Waals surface area contributed by atoms with Crippen molar-refractivity contribution >= 4 is 13.6 Å². The lowest BCUT2D eigenvalue weighted by atomic mass is 10.2. The Morgan fingerprint density at radius 2 is 1.71 bits per heavy atom. The molecular weight excluding hydrogens is 209 g/mol. The average Bonchev–Trinajstić information content (AvgIpc) is 2.02. The first-order valence-electron chi connectivity index (χ1n) is 3.68. The molecule has 7 heteroatoms. The summed E-state index contributed by atoms with van der Waals surface area (Å²) in [7, 11) is -3.85. The number of non-ortho nitro benzene ring substituents is 1. The fraction of sp³-hybridized carbons (Fsp3) is 0.143. The average molecular weight is 218 g/mol. The first kappa shape index (κ1) is 11.0. The molecule has 3 N–H and O–H groups in total. The minimum Gasteiger partial charge on any atom is -0.258 e. The van der Waals surface area contributed by atoms with Gasteiger partial charge in [-0.3, -0.25) is 10.1 Å². The monoisotopic (exact) mass is 218 g/mol. The summed E-state index contributed by atoms with van der Waals surface area (Å²) in [5.41, 5.74) is 0.364. The van der Waals surface area contributed by atoms with Gasteiger partial charge in [0.2, 0.25) is 0 Å². The van der Waals surface area contributed by atoms with Crippen molar-refractivity contribution in [1.82, 2.24) is 0 Å². The molecule has 0 saturated carbocycles. The Kier molecular flexibility index (Phi) is 3.13. The predicted molar refractivity (Wildman–Crippen MR) is 50.4 cm³/mol. The summed E-state index contributed by atoms with van der Waals surface area (Å²) in [6.45, 7) is 0. The molecule has 0 unspecified atom stereocenters. The molecule has 1 aromatic rings. The highest BCUT2D eigenvalue weighted by atomic mass is 31.2. The third-order valence-electron chi connectivity index (χ3n) is 1.54. The molecule has 0 bridgehead atoms. The molecule has 0 amide bonds. The Bertz CT molecular complexity index is 331. The van der Waals surface area contributed by atoms with Crippen molar-refractivity contribution in [3.8, 4) is 0 Å². The van der Waals surface area contributed by atoms with Gasteiger partial charge in [0.15, 0.2) is 6.16 Å². The maximum Gasteiger partial charge on any atom is 0.408 e. The summed E-state index contributed by atoms with van der Waals surface area (Å²) < 4.78 is 0. The summed E-state index contributed by atoms with van der Waals surface area (Å²) in [6.07, 6.45) is -0.287. The Hall–Kier alpha value is -1.07. The molecule has 0 radical (unpaired) electrons. The molecule has 0 fully saturated rings. The molecule has 0 aliphatic rings. The molecule has 76 valence electrons. The maximum absolute atomic E-state index is 10.3. The smallest absolute Gasteiger partial charge is 0.258 e. The van der Waals surface area contributed by atoms with Crippen molar-refractivity contribution in [3.63, 3.8) is 0 Å². The Morgan fingerprint density at radius 3 is 2.07 bits per heavy atom. The molecule has 0 aromatic heterocycles. The van der Waals surface area contributed by atoms with E-state index < -0.39 is 12.9 Å². The Balaban J connectivity index is 2.79. The van der Waals surface area contributed by atoms with E-state index in [-0.39, 0.29) is 11.8 Å². The van der Waals surface area contributed by atoms with Gasteiger partial charge >= 0.3 is 7.94 Å². The van der Waals surface area contributed by atoms with Crippen LogP contribution in [-0.4, -0.2) is 19.6 Å². The van der Waals surface area contributed by atoms with Gasteiger partial charge in [0.1, 0.15) is 0 Å². The summed E-state index contributed by atoms with van der Waals surface area (Å²) in [6, 6.07) is 5.22. The zero-order valence-corrected chi connectivity index (χ0v) is 7.96. The molecular formula is C7H9NO5P+. The summed E-state index contributed by atoms with van der Waals surface area (Å²) in [5.74, 6) is 0. The minimum absolute atomic E-state index is 0.0773. The van der Waals surface area contributed by atoms with Crippen LogP contribution in [0, 0.1) is 10.1 Å². The van der Waals surface area contributed by atoms with Crippen LogP contribution in [0.4, 0.5) is 5.69 Å². The van der Waals surface area contributed by atoms with E-state index in [0.29, 0.717) is 5.56 Å². The SMILES string of the molecule is O=[N+]([O-])c1ccc(C[P+](O)(O)O)cc1. The van der Waals surface area contributed by atoms with E-state index in [0.717, 1.165) is 0 Å². The van der Waals surface area contributed by atoms with E-state index in [4.69, 9.17) is 14.7 Å². The molecule has 0 spiro atoms. The molecule has 0 atom stereocenters. The van der Waals surface area contributed by atoms with Crippen LogP contribution >= 0.6 is 7.94 Å². The van der Waals surface area contributed by atoms with E-state index in [1.165, 1.54) is 24.3 Å². The van der Waals surface area contributed by atoms with E-state index in [1.807, 2.05) is 0 Å². The Morgan fingerprint density at radius 1 is 1.21 bits per heavy atom. The van der Waals surface area contributed by atoms with E-state index in [2.05, 4.69) is 0 Å². The van der Waals surface area contributed by atoms with Crippen LogP contribution in [0.5, 0.6) is 0 Å². The van der Waals surface area contributed by atoms with Gasteiger partial charge < -0.3 is 0 Å². The van der Waals surface area contributed by atoms with Gasteiger partial charge in [-0.15, -0.1) is 0 Å². The van der Waals surface area contributed by atoms with Crippen LogP contribution in [0.25, 0.3) is 0 Å². The maximum atomic E-state index is 10.3. The zero-order chi connectivity index (χ0) is 10.8. The number of hydrogen-bond acceptors (Lipinski definition) is 5. The largest absolute Gasteiger partial charge is 0.408 e. The predicted octanol–water partition coefficient (Wildman–Crippen LogP) is 0.834. The second-order valence-electron chi connectivity index (χ2n) is 2.77. The van der Waals surface area contributed by atoms with E-state index >= 15 is 0 Å². The van der Waals surface area contributed by atoms with Gasteiger partial charge in [0.05, 0.1) is 4.92 Å². The van der Waals surface area contributed by atoms with Gasteiger partial charge in [-0.25, -0.2) is 0 Å². The fourth-order valence-electron chi connectivity index (χ4n) is 0.968. The zero-order valence-electron chi connectivity index (χ0n) is 7.07. The molecule has 0 saturated heterocycles. The van der Waals surface area contributed by atoms with Crippen molar-refractivity contribution in [1.29, 1.82) is 0 Å². The van der Waals surface area contributed by atoms with Crippen LogP contribution in [-0.2, 0) is 6.16 Å². The first-order valence-corrected chi connectivity index (χ1v) is 5.51. The highest BCUT2D eigenvalue weighted by molar-refractivity contribution is 7.57. The number of nitro groups is 1. The molecule has 1 aromatic carbocycles. The number of rotatable bonds is 3. The quantitative estimate of drug-likeness (QED) is 0.396. The van der Waals surface area contributed by atoms with E-state index in [9.17, 15) is 10.1 Å². The number of hydrogen-bond donors (Lipinski definition) is 3. The number of benzene rings is 1. The fourth-order valence-corrected chi connectivity index (χ4v) is 1.67. The van der Waals surface area contributed by atoms with Gasteiger partial charge in [-0.2, -0.15) is 14.7 Å². The van der Waals surface area contributed by atoms with Crippen molar-refractivity contribution in [2.75, 3.05) is 0 Å². The number of nitrogens with zero attached hydrogens (tertiary/aromatic N) is 1. The third-order valence-corrected chi connectivity index (χ3v) is 2.33. The minimum atomic E-state index is -3.85. The second kappa shape index (κ2) is 3.98. The van der Waals surface area contributed by atoms with Gasteiger partial charge in [-0.05, 0) is 17.7 Å². The van der Waals surface area contributed by atoms with Crippen LogP contribution in [0.2, 0.25) is 0 Å². The van der Waals surface area contributed by atoms with Crippen LogP contribution in [0.1, 0.15) is 5.56 Å². The highest BCUT2D eigenvalue weighted by Gasteiger charge is 2.29. The number of nitro benzene ring substituents is 1. The van der Waals surface area contributed by atoms with Crippen molar-refractivity contribution in [3.05, 3.63) is 39.9 Å². The standard InChI is InChI=1S/C7H9NO5P/c9-8(10)7-3-1-6(2-4-7)5-14(11,12)13/h1-4,11-13H,5H2/q+1. The second-order valence-corrected chi connectivity index (χ2v) is 4.48. The van der Waals surface area contributed by atoms with Crippen LogP contribution in [0.3, 0.4) is 0 Å². The van der Waals surface area contributed by atoms with Crippen LogP contribution in [0.15, 0.2) is 24.3 Å². The Labute approximate surface area is 80.2 Å². The van der Waals surface area contributed by atoms with Crippen molar-refractivity contribution in [2.45, 2.75) is 6.16 Å². The molecule has 0 heterocycles. The topological polar surface area (TPSA) is 104 Å².